The predicted molar refractivity (Wildman–Crippen MR) is 59.9 cm³/mol. The van der Waals surface area contributed by atoms with Crippen molar-refractivity contribution in [3.8, 4) is 0 Å². The highest BCUT2D eigenvalue weighted by Gasteiger charge is 2.11. The number of ketones is 2. The maximum Gasteiger partial charge on any atom is 0.188 e. The quantitative estimate of drug-likeness (QED) is 0.603. The first-order valence-corrected chi connectivity index (χ1v) is 4.91. The molecule has 0 fully saturated rings. The summed E-state index contributed by atoms with van der Waals surface area (Å²) in [6, 6.07) is 1.72. The fourth-order valence-corrected chi connectivity index (χ4v) is 1.81. The lowest BCUT2D eigenvalue weighted by atomic mass is 10.0. The molecule has 0 N–H and O–H groups in total. The van der Waals surface area contributed by atoms with Crippen molar-refractivity contribution in [2.75, 3.05) is 0 Å². The molecule has 76 valence electrons. The number of pyridine rings is 1. The first-order valence-electron chi connectivity index (χ1n) is 4.91. The number of carbonyl (C=O) groups is 2. The van der Waals surface area contributed by atoms with Gasteiger partial charge in [-0.2, -0.15) is 0 Å². The van der Waals surface area contributed by atoms with Gasteiger partial charge in [-0.15, -0.1) is 0 Å². The Morgan fingerprint density at radius 2 is 1.94 bits per heavy atom. The van der Waals surface area contributed by atoms with Gasteiger partial charge in [0.05, 0.1) is 11.0 Å². The van der Waals surface area contributed by atoms with E-state index in [1.165, 1.54) is 18.2 Å². The number of hydrogen-bond donors (Lipinski definition) is 0. The monoisotopic (exact) mass is 209 g/mol. The molecule has 0 spiro atoms. The molecule has 3 rings (SSSR count). The van der Waals surface area contributed by atoms with Crippen LogP contribution in [0, 0.1) is 0 Å². The number of rotatable bonds is 0. The number of hydrogen-bond acceptors (Lipinski definition) is 3. The standard InChI is InChI=1S/C13H7NO2/c15-9-4-5-11-8(6-9)7-10-12(14-11)2-1-3-13(10)16/h1-7H. The van der Waals surface area contributed by atoms with E-state index in [2.05, 4.69) is 4.98 Å². The third-order valence-electron chi connectivity index (χ3n) is 2.58. The topological polar surface area (TPSA) is 47.0 Å². The van der Waals surface area contributed by atoms with E-state index in [4.69, 9.17) is 0 Å². The highest BCUT2D eigenvalue weighted by atomic mass is 16.1. The fourth-order valence-electron chi connectivity index (χ4n) is 1.81. The molecule has 0 aliphatic heterocycles. The van der Waals surface area contributed by atoms with E-state index in [0.717, 1.165) is 5.69 Å². The molecule has 0 atom stereocenters. The minimum absolute atomic E-state index is 0.0665. The first kappa shape index (κ1) is 8.97. The summed E-state index contributed by atoms with van der Waals surface area (Å²) in [5.74, 6) is -0.139. The van der Waals surface area contributed by atoms with Gasteiger partial charge < -0.3 is 0 Å². The molecular formula is C13H7NO2. The van der Waals surface area contributed by atoms with Gasteiger partial charge in [0.1, 0.15) is 0 Å². The van der Waals surface area contributed by atoms with Crippen LogP contribution < -0.4 is 10.6 Å². The molecule has 2 aliphatic rings. The van der Waals surface area contributed by atoms with E-state index in [-0.39, 0.29) is 11.6 Å². The third-order valence-corrected chi connectivity index (χ3v) is 2.58. The molecule has 0 radical (unpaired) electrons. The van der Waals surface area contributed by atoms with Gasteiger partial charge in [0, 0.05) is 10.8 Å². The summed E-state index contributed by atoms with van der Waals surface area (Å²) in [7, 11) is 0. The van der Waals surface area contributed by atoms with E-state index in [0.29, 0.717) is 16.1 Å². The Morgan fingerprint density at radius 1 is 1.06 bits per heavy atom. The summed E-state index contributed by atoms with van der Waals surface area (Å²) in [4.78, 5) is 27.1. The molecule has 0 bridgehead atoms. The van der Waals surface area contributed by atoms with Crippen LogP contribution in [-0.4, -0.2) is 16.6 Å². The Bertz CT molecular complexity index is 693. The number of nitrogens with zero attached hydrogens (tertiary/aromatic N) is 1. The summed E-state index contributed by atoms with van der Waals surface area (Å²) in [6.07, 6.45) is 9.62. The molecule has 1 heterocycles. The van der Waals surface area contributed by atoms with Crippen LogP contribution in [0.25, 0.3) is 18.2 Å². The van der Waals surface area contributed by atoms with Gasteiger partial charge in [-0.3, -0.25) is 9.59 Å². The Kier molecular flexibility index (Phi) is 1.74. The number of fused-ring (bicyclic) bond motifs is 2. The zero-order valence-electron chi connectivity index (χ0n) is 8.31. The molecule has 0 aromatic carbocycles. The van der Waals surface area contributed by atoms with Crippen molar-refractivity contribution in [3.05, 3.63) is 46.1 Å². The van der Waals surface area contributed by atoms with Crippen molar-refractivity contribution in [1.82, 2.24) is 4.98 Å². The number of allylic oxidation sites excluding steroid dienone is 3. The number of aromatic nitrogens is 1. The van der Waals surface area contributed by atoms with E-state index in [1.54, 1.807) is 24.3 Å². The molecular weight excluding hydrogens is 202 g/mol. The van der Waals surface area contributed by atoms with Gasteiger partial charge in [0.2, 0.25) is 0 Å². The van der Waals surface area contributed by atoms with Crippen molar-refractivity contribution in [2.45, 2.75) is 0 Å². The predicted octanol–water partition coefficient (Wildman–Crippen LogP) is -0.00900. The summed E-state index contributed by atoms with van der Waals surface area (Å²) in [6.45, 7) is 0. The van der Waals surface area contributed by atoms with Gasteiger partial charge in [0.25, 0.3) is 0 Å². The maximum atomic E-state index is 11.6. The molecule has 3 heteroatoms. The lowest BCUT2D eigenvalue weighted by Gasteiger charge is -2.06. The lowest BCUT2D eigenvalue weighted by Crippen LogP contribution is -2.28. The Balaban J connectivity index is 2.40. The Hall–Kier alpha value is -2.29. The highest BCUT2D eigenvalue weighted by molar-refractivity contribution is 6.17. The summed E-state index contributed by atoms with van der Waals surface area (Å²) in [5, 5.41) is 1.38. The first-order chi connectivity index (χ1) is 7.74. The maximum absolute atomic E-state index is 11.6. The zero-order chi connectivity index (χ0) is 11.1. The van der Waals surface area contributed by atoms with Crippen LogP contribution in [0.5, 0.6) is 0 Å². The van der Waals surface area contributed by atoms with Crippen molar-refractivity contribution >= 4 is 29.8 Å². The van der Waals surface area contributed by atoms with Gasteiger partial charge in [0.15, 0.2) is 11.6 Å². The normalized spacial score (nSPS) is 16.2. The van der Waals surface area contributed by atoms with E-state index < -0.39 is 0 Å². The molecule has 0 saturated carbocycles. The van der Waals surface area contributed by atoms with Crippen molar-refractivity contribution in [1.29, 1.82) is 0 Å². The average Bonchev–Trinajstić information content (AvgIpc) is 2.28. The van der Waals surface area contributed by atoms with Gasteiger partial charge in [-0.1, -0.05) is 6.08 Å². The van der Waals surface area contributed by atoms with Gasteiger partial charge in [-0.05, 0) is 36.4 Å². The fraction of sp³-hybridized carbons (Fsp3) is 0. The molecule has 1 aromatic heterocycles. The van der Waals surface area contributed by atoms with Crippen LogP contribution in [0.2, 0.25) is 0 Å². The van der Waals surface area contributed by atoms with Crippen LogP contribution in [0.1, 0.15) is 16.1 Å². The zero-order valence-corrected chi connectivity index (χ0v) is 8.31. The van der Waals surface area contributed by atoms with Crippen LogP contribution >= 0.6 is 0 Å². The SMILES string of the molecule is O=C1C=Cc2nc3c(cc2=C1)C(=O)C=CC=3. The minimum Gasteiger partial charge on any atom is -0.290 e. The third kappa shape index (κ3) is 1.26. The van der Waals surface area contributed by atoms with E-state index in [1.807, 2.05) is 0 Å². The molecule has 16 heavy (non-hydrogen) atoms. The summed E-state index contributed by atoms with van der Waals surface area (Å²) in [5.41, 5.74) is 1.29. The summed E-state index contributed by atoms with van der Waals surface area (Å²) < 4.78 is 0. The lowest BCUT2D eigenvalue weighted by molar-refractivity contribution is -0.109. The molecule has 3 nitrogen and oxygen atoms in total. The van der Waals surface area contributed by atoms with E-state index >= 15 is 0 Å². The van der Waals surface area contributed by atoms with Crippen molar-refractivity contribution < 1.29 is 9.59 Å². The molecule has 0 saturated heterocycles. The Labute approximate surface area is 91.1 Å². The summed E-state index contributed by atoms with van der Waals surface area (Å²) >= 11 is 0. The number of carbonyl (C=O) groups excluding carboxylic acids is 2. The molecule has 2 aliphatic carbocycles. The minimum atomic E-state index is -0.0722. The second-order valence-electron chi connectivity index (χ2n) is 3.67. The molecule has 0 amide bonds. The molecule has 1 aromatic rings. The van der Waals surface area contributed by atoms with Crippen LogP contribution in [-0.2, 0) is 4.79 Å². The van der Waals surface area contributed by atoms with Crippen molar-refractivity contribution in [2.24, 2.45) is 0 Å². The highest BCUT2D eigenvalue weighted by Crippen LogP contribution is 2.02. The van der Waals surface area contributed by atoms with Gasteiger partial charge in [-0.25, -0.2) is 4.98 Å². The average molecular weight is 209 g/mol. The smallest absolute Gasteiger partial charge is 0.188 e. The van der Waals surface area contributed by atoms with E-state index in [9.17, 15) is 9.59 Å². The Morgan fingerprint density at radius 3 is 2.81 bits per heavy atom. The molecule has 0 unspecified atom stereocenters. The second-order valence-corrected chi connectivity index (χ2v) is 3.67. The largest absolute Gasteiger partial charge is 0.290 e. The van der Waals surface area contributed by atoms with Crippen molar-refractivity contribution in [3.63, 3.8) is 0 Å². The van der Waals surface area contributed by atoms with Gasteiger partial charge >= 0.3 is 0 Å². The van der Waals surface area contributed by atoms with Crippen LogP contribution in [0.4, 0.5) is 0 Å². The second kappa shape index (κ2) is 3.10. The van der Waals surface area contributed by atoms with Crippen LogP contribution in [0.3, 0.4) is 0 Å². The van der Waals surface area contributed by atoms with Crippen LogP contribution in [0.15, 0.2) is 24.3 Å².